The minimum Gasteiger partial charge on any atom is -0.466 e. The molecule has 5 nitrogen and oxygen atoms in total. The molecule has 1 aliphatic heterocycles. The molecule has 1 unspecified atom stereocenters. The Morgan fingerprint density at radius 3 is 2.65 bits per heavy atom. The zero-order valence-corrected chi connectivity index (χ0v) is 16.4. The van der Waals surface area contributed by atoms with E-state index in [-0.39, 0.29) is 23.5 Å². The Bertz CT molecular complexity index is 697. The fourth-order valence-corrected chi connectivity index (χ4v) is 6.57. The van der Waals surface area contributed by atoms with Crippen LogP contribution in [0.25, 0.3) is 0 Å². The van der Waals surface area contributed by atoms with Crippen LogP contribution in [0, 0.1) is 35.0 Å². The first kappa shape index (κ1) is 18.2. The number of ketones is 1. The van der Waals surface area contributed by atoms with Gasteiger partial charge in [0.25, 0.3) is 0 Å². The SMILES string of the molecule is COC(=O)C1=C[C@]23C[C@@H](C)CC[C@@H]2[C@]2(C)[C@H]1C(=O)[C@@H](C(C)C)CC2(O)O3. The van der Waals surface area contributed by atoms with Crippen molar-refractivity contribution in [2.75, 3.05) is 7.11 Å². The Morgan fingerprint density at radius 1 is 1.35 bits per heavy atom. The molecule has 4 aliphatic rings. The number of rotatable bonds is 2. The Labute approximate surface area is 155 Å². The number of esters is 1. The Balaban J connectivity index is 1.95. The highest BCUT2D eigenvalue weighted by Crippen LogP contribution is 2.71. The summed E-state index contributed by atoms with van der Waals surface area (Å²) in [5.74, 6) is -2.20. The molecule has 4 rings (SSSR count). The van der Waals surface area contributed by atoms with Crippen molar-refractivity contribution >= 4 is 11.8 Å². The van der Waals surface area contributed by atoms with E-state index >= 15 is 0 Å². The van der Waals surface area contributed by atoms with E-state index < -0.39 is 28.7 Å². The largest absolute Gasteiger partial charge is 0.466 e. The lowest BCUT2D eigenvalue weighted by molar-refractivity contribution is -0.272. The molecule has 2 saturated carbocycles. The van der Waals surface area contributed by atoms with Gasteiger partial charge in [-0.15, -0.1) is 0 Å². The highest BCUT2D eigenvalue weighted by molar-refractivity contribution is 6.00. The molecule has 5 heteroatoms. The molecule has 0 spiro atoms. The summed E-state index contributed by atoms with van der Waals surface area (Å²) in [5, 5.41) is 11.7. The summed E-state index contributed by atoms with van der Waals surface area (Å²) in [6, 6.07) is 0. The summed E-state index contributed by atoms with van der Waals surface area (Å²) in [6.07, 6.45) is 4.89. The van der Waals surface area contributed by atoms with E-state index in [0.29, 0.717) is 17.9 Å². The van der Waals surface area contributed by atoms with Gasteiger partial charge in [-0.3, -0.25) is 4.79 Å². The summed E-state index contributed by atoms with van der Waals surface area (Å²) >= 11 is 0. The van der Waals surface area contributed by atoms with E-state index in [1.807, 2.05) is 26.8 Å². The number of hydrogen-bond donors (Lipinski definition) is 1. The lowest BCUT2D eigenvalue weighted by atomic mass is 9.46. The van der Waals surface area contributed by atoms with Gasteiger partial charge in [0, 0.05) is 29.2 Å². The molecule has 3 aliphatic carbocycles. The van der Waals surface area contributed by atoms with Gasteiger partial charge in [-0.1, -0.05) is 34.1 Å². The molecular weight excluding hydrogens is 332 g/mol. The van der Waals surface area contributed by atoms with Gasteiger partial charge in [-0.05, 0) is 30.8 Å². The second-order valence-electron chi connectivity index (χ2n) is 9.54. The summed E-state index contributed by atoms with van der Waals surface area (Å²) < 4.78 is 11.5. The van der Waals surface area contributed by atoms with Crippen LogP contribution in [0.4, 0.5) is 0 Å². The molecule has 2 bridgehead atoms. The Morgan fingerprint density at radius 2 is 2.04 bits per heavy atom. The van der Waals surface area contributed by atoms with Crippen molar-refractivity contribution in [3.63, 3.8) is 0 Å². The number of Topliss-reactive ketones (excluding diaryl/α,β-unsaturated/α-hetero) is 1. The summed E-state index contributed by atoms with van der Waals surface area (Å²) in [5.41, 5.74) is -1.06. The first-order chi connectivity index (χ1) is 12.1. The lowest BCUT2D eigenvalue weighted by Crippen LogP contribution is -2.62. The predicted octanol–water partition coefficient (Wildman–Crippen LogP) is 2.86. The fourth-order valence-electron chi connectivity index (χ4n) is 6.57. The molecule has 0 radical (unpaired) electrons. The minimum atomic E-state index is -1.39. The van der Waals surface area contributed by atoms with Crippen LogP contribution in [-0.4, -0.2) is 35.4 Å². The number of methoxy groups -OCH3 is 1. The van der Waals surface area contributed by atoms with Crippen molar-refractivity contribution < 1.29 is 24.2 Å². The average Bonchev–Trinajstić information content (AvgIpc) is 2.72. The van der Waals surface area contributed by atoms with Gasteiger partial charge < -0.3 is 14.6 Å². The second-order valence-corrected chi connectivity index (χ2v) is 9.54. The highest BCUT2D eigenvalue weighted by atomic mass is 16.7. The second kappa shape index (κ2) is 5.41. The third kappa shape index (κ3) is 1.99. The van der Waals surface area contributed by atoms with Crippen LogP contribution in [0.1, 0.15) is 53.4 Å². The topological polar surface area (TPSA) is 72.8 Å². The number of ether oxygens (including phenoxy) is 2. The third-order valence-corrected chi connectivity index (χ3v) is 7.81. The van der Waals surface area contributed by atoms with Crippen LogP contribution in [0.3, 0.4) is 0 Å². The maximum atomic E-state index is 13.5. The zero-order chi connectivity index (χ0) is 19.1. The maximum absolute atomic E-state index is 13.5. The van der Waals surface area contributed by atoms with Crippen LogP contribution in [0.15, 0.2) is 11.6 Å². The Kier molecular flexibility index (Phi) is 3.79. The highest BCUT2D eigenvalue weighted by Gasteiger charge is 2.77. The molecular formula is C21H30O5. The molecule has 1 saturated heterocycles. The van der Waals surface area contributed by atoms with Crippen molar-refractivity contribution in [3.8, 4) is 0 Å². The fraction of sp³-hybridized carbons (Fsp3) is 0.810. The predicted molar refractivity (Wildman–Crippen MR) is 94.9 cm³/mol. The molecule has 1 heterocycles. The minimum absolute atomic E-state index is 0.0478. The number of aliphatic hydroxyl groups is 1. The van der Waals surface area contributed by atoms with Gasteiger partial charge in [0.05, 0.1) is 18.6 Å². The van der Waals surface area contributed by atoms with E-state index in [4.69, 9.17) is 9.47 Å². The smallest absolute Gasteiger partial charge is 0.334 e. The standard InChI is InChI=1S/C21H30O5/c1-11(2)13-10-21(24)19(4)15-7-6-12(3)8-20(15,26-21)9-14(18(23)25-5)16(19)17(13)22/h9,11-13,15-16,24H,6-8,10H2,1-5H3/t12-,13+,15+,16+,19+,20+,21?/m0/s1. The van der Waals surface area contributed by atoms with Crippen LogP contribution >= 0.6 is 0 Å². The molecule has 1 N–H and O–H groups in total. The third-order valence-electron chi connectivity index (χ3n) is 7.81. The van der Waals surface area contributed by atoms with Crippen molar-refractivity contribution in [1.82, 2.24) is 0 Å². The van der Waals surface area contributed by atoms with Gasteiger partial charge in [-0.2, -0.15) is 0 Å². The summed E-state index contributed by atoms with van der Waals surface area (Å²) in [6.45, 7) is 8.13. The van der Waals surface area contributed by atoms with Gasteiger partial charge in [0.2, 0.25) is 0 Å². The van der Waals surface area contributed by atoms with Crippen molar-refractivity contribution in [2.45, 2.75) is 64.8 Å². The maximum Gasteiger partial charge on any atom is 0.334 e. The summed E-state index contributed by atoms with van der Waals surface area (Å²) in [4.78, 5) is 26.1. The molecule has 144 valence electrons. The van der Waals surface area contributed by atoms with Gasteiger partial charge in [0.1, 0.15) is 5.78 Å². The van der Waals surface area contributed by atoms with Crippen LogP contribution in [0.2, 0.25) is 0 Å². The van der Waals surface area contributed by atoms with Gasteiger partial charge in [-0.25, -0.2) is 4.79 Å². The molecule has 3 fully saturated rings. The Hall–Kier alpha value is -1.20. The molecule has 0 amide bonds. The number of carbonyl (C=O) groups is 2. The lowest BCUT2D eigenvalue weighted by Gasteiger charge is -2.54. The normalized spacial score (nSPS) is 49.7. The molecule has 0 aromatic carbocycles. The van der Waals surface area contributed by atoms with E-state index in [1.54, 1.807) is 0 Å². The molecule has 7 atom stereocenters. The quantitative estimate of drug-likeness (QED) is 0.765. The monoisotopic (exact) mass is 362 g/mol. The first-order valence-electron chi connectivity index (χ1n) is 9.87. The average molecular weight is 362 g/mol. The number of hydrogen-bond acceptors (Lipinski definition) is 5. The summed E-state index contributed by atoms with van der Waals surface area (Å²) in [7, 11) is 1.35. The molecule has 0 aromatic rings. The first-order valence-corrected chi connectivity index (χ1v) is 9.87. The van der Waals surface area contributed by atoms with Crippen molar-refractivity contribution in [2.24, 2.45) is 35.0 Å². The van der Waals surface area contributed by atoms with E-state index in [1.165, 1.54) is 7.11 Å². The molecule has 26 heavy (non-hydrogen) atoms. The van der Waals surface area contributed by atoms with Gasteiger partial charge in [0.15, 0.2) is 5.79 Å². The van der Waals surface area contributed by atoms with Gasteiger partial charge >= 0.3 is 5.97 Å². The van der Waals surface area contributed by atoms with Crippen LogP contribution in [0.5, 0.6) is 0 Å². The van der Waals surface area contributed by atoms with Crippen molar-refractivity contribution in [3.05, 3.63) is 11.6 Å². The van der Waals surface area contributed by atoms with Crippen LogP contribution < -0.4 is 0 Å². The molecule has 0 aromatic heterocycles. The van der Waals surface area contributed by atoms with E-state index in [9.17, 15) is 14.7 Å². The number of carbonyl (C=O) groups excluding carboxylic acids is 2. The zero-order valence-electron chi connectivity index (χ0n) is 16.4. The van der Waals surface area contributed by atoms with E-state index in [0.717, 1.165) is 19.3 Å². The van der Waals surface area contributed by atoms with Crippen molar-refractivity contribution in [1.29, 1.82) is 0 Å². The van der Waals surface area contributed by atoms with Crippen LogP contribution in [-0.2, 0) is 19.1 Å². The van der Waals surface area contributed by atoms with E-state index in [2.05, 4.69) is 6.92 Å².